The van der Waals surface area contributed by atoms with E-state index in [1.165, 1.54) is 12.4 Å². The molecule has 1 N–H and O–H groups in total. The van der Waals surface area contributed by atoms with Crippen LogP contribution < -0.4 is 5.32 Å². The molecule has 2 aromatic carbocycles. The van der Waals surface area contributed by atoms with Crippen LogP contribution in [0.1, 0.15) is 23.6 Å². The minimum atomic E-state index is -0.424. The zero-order valence-electron chi connectivity index (χ0n) is 13.7. The first-order valence-corrected chi connectivity index (χ1v) is 8.12. The molecule has 128 valence electrons. The molecule has 0 bridgehead atoms. The summed E-state index contributed by atoms with van der Waals surface area (Å²) in [5.74, 6) is -0.473. The molecule has 0 saturated heterocycles. The van der Waals surface area contributed by atoms with Crippen LogP contribution in [0, 0.1) is 5.82 Å². The lowest BCUT2D eigenvalue weighted by Crippen LogP contribution is -2.31. The average molecular weight is 338 g/mol. The third-order valence-electron chi connectivity index (χ3n) is 3.93. The zero-order chi connectivity index (χ0) is 17.5. The maximum Gasteiger partial charge on any atom is 0.222 e. The van der Waals surface area contributed by atoms with Gasteiger partial charge in [0.05, 0.1) is 12.6 Å². The van der Waals surface area contributed by atoms with E-state index in [0.29, 0.717) is 18.5 Å². The predicted molar refractivity (Wildman–Crippen MR) is 92.1 cm³/mol. The maximum absolute atomic E-state index is 14.2. The Labute approximate surface area is 145 Å². The lowest BCUT2D eigenvalue weighted by Gasteiger charge is -2.20. The number of amides is 1. The van der Waals surface area contributed by atoms with E-state index in [2.05, 4.69) is 15.4 Å². The molecule has 0 saturated carbocycles. The van der Waals surface area contributed by atoms with Gasteiger partial charge in [-0.15, -0.1) is 0 Å². The number of aromatic nitrogens is 3. The maximum atomic E-state index is 14.2. The third-order valence-corrected chi connectivity index (χ3v) is 3.93. The Hall–Kier alpha value is -3.02. The summed E-state index contributed by atoms with van der Waals surface area (Å²) in [6.45, 7) is 0.432. The second-order valence-electron chi connectivity index (χ2n) is 5.74. The van der Waals surface area contributed by atoms with Gasteiger partial charge >= 0.3 is 0 Å². The number of carbonyl (C=O) groups is 1. The van der Waals surface area contributed by atoms with Crippen molar-refractivity contribution in [2.24, 2.45) is 0 Å². The van der Waals surface area contributed by atoms with Gasteiger partial charge in [-0.05, 0) is 18.1 Å². The van der Waals surface area contributed by atoms with Crippen molar-refractivity contribution in [3.63, 3.8) is 0 Å². The highest BCUT2D eigenvalue weighted by atomic mass is 19.1. The quantitative estimate of drug-likeness (QED) is 0.720. The van der Waals surface area contributed by atoms with Crippen molar-refractivity contribution in [1.29, 1.82) is 0 Å². The summed E-state index contributed by atoms with van der Waals surface area (Å²) in [5.41, 5.74) is 1.52. The van der Waals surface area contributed by atoms with Gasteiger partial charge in [0, 0.05) is 12.0 Å². The van der Waals surface area contributed by atoms with Gasteiger partial charge in [0.1, 0.15) is 18.5 Å². The Morgan fingerprint density at radius 1 is 1.12 bits per heavy atom. The van der Waals surface area contributed by atoms with Gasteiger partial charge in [0.25, 0.3) is 0 Å². The monoisotopic (exact) mass is 338 g/mol. The van der Waals surface area contributed by atoms with Crippen LogP contribution in [0.3, 0.4) is 0 Å². The molecule has 0 fully saturated rings. The van der Waals surface area contributed by atoms with E-state index in [-0.39, 0.29) is 18.1 Å². The average Bonchev–Trinajstić information content (AvgIpc) is 3.14. The Bertz CT molecular complexity index is 805. The Morgan fingerprint density at radius 3 is 2.60 bits per heavy atom. The van der Waals surface area contributed by atoms with E-state index in [9.17, 15) is 9.18 Å². The molecular formula is C19H19FN4O. The fraction of sp³-hybridized carbons (Fsp3) is 0.211. The molecule has 0 unspecified atom stereocenters. The van der Waals surface area contributed by atoms with E-state index in [1.807, 2.05) is 30.3 Å². The molecule has 0 aliphatic heterocycles. The van der Waals surface area contributed by atoms with Gasteiger partial charge in [-0.1, -0.05) is 48.5 Å². The highest BCUT2D eigenvalue weighted by Gasteiger charge is 2.18. The fourth-order valence-electron chi connectivity index (χ4n) is 2.68. The van der Waals surface area contributed by atoms with Crippen LogP contribution in [0.4, 0.5) is 4.39 Å². The molecule has 0 radical (unpaired) electrons. The largest absolute Gasteiger partial charge is 0.349 e. The van der Waals surface area contributed by atoms with Crippen molar-refractivity contribution >= 4 is 5.91 Å². The molecule has 0 aliphatic rings. The number of hydrogen-bond donors (Lipinski definition) is 1. The lowest BCUT2D eigenvalue weighted by molar-refractivity contribution is -0.122. The van der Waals surface area contributed by atoms with Crippen LogP contribution in [0.25, 0.3) is 0 Å². The van der Waals surface area contributed by atoms with E-state index < -0.39 is 6.04 Å². The first-order valence-electron chi connectivity index (χ1n) is 8.12. The van der Waals surface area contributed by atoms with Crippen LogP contribution in [0.15, 0.2) is 67.3 Å². The normalized spacial score (nSPS) is 11.9. The summed E-state index contributed by atoms with van der Waals surface area (Å²) in [6, 6.07) is 15.8. The van der Waals surface area contributed by atoms with Crippen LogP contribution >= 0.6 is 0 Å². The second kappa shape index (κ2) is 8.19. The fourth-order valence-corrected chi connectivity index (χ4v) is 2.68. The second-order valence-corrected chi connectivity index (χ2v) is 5.74. The number of carbonyl (C=O) groups excluding carboxylic acids is 1. The molecule has 1 aromatic heterocycles. The first-order chi connectivity index (χ1) is 12.2. The molecule has 0 spiro atoms. The van der Waals surface area contributed by atoms with Gasteiger partial charge in [0.2, 0.25) is 5.91 Å². The lowest BCUT2D eigenvalue weighted by atomic mass is 9.98. The first kappa shape index (κ1) is 16.8. The van der Waals surface area contributed by atoms with Crippen LogP contribution in [-0.2, 0) is 17.8 Å². The number of nitrogens with one attached hydrogen (secondary N) is 1. The van der Waals surface area contributed by atoms with Crippen molar-refractivity contribution in [3.8, 4) is 0 Å². The molecule has 1 heterocycles. The molecular weight excluding hydrogens is 319 g/mol. The van der Waals surface area contributed by atoms with Gasteiger partial charge in [-0.25, -0.2) is 9.37 Å². The molecule has 3 aromatic rings. The van der Waals surface area contributed by atoms with Crippen molar-refractivity contribution < 1.29 is 9.18 Å². The van der Waals surface area contributed by atoms with Gasteiger partial charge in [-0.2, -0.15) is 5.10 Å². The molecule has 5 nitrogen and oxygen atoms in total. The highest BCUT2D eigenvalue weighted by molar-refractivity contribution is 5.76. The molecule has 1 amide bonds. The Morgan fingerprint density at radius 2 is 1.88 bits per heavy atom. The molecule has 1 atom stereocenters. The SMILES string of the molecule is O=C(CCn1cncn1)N[C@H](Cc1ccccc1)c1ccccc1F. The molecule has 6 heteroatoms. The van der Waals surface area contributed by atoms with E-state index in [4.69, 9.17) is 0 Å². The highest BCUT2D eigenvalue weighted by Crippen LogP contribution is 2.21. The standard InChI is InChI=1S/C19H19FN4O/c20-17-9-5-4-8-16(17)18(12-15-6-2-1-3-7-15)23-19(25)10-11-24-14-21-13-22-24/h1-9,13-14,18H,10-12H2,(H,23,25)/t18-/m1/s1. The van der Waals surface area contributed by atoms with Gasteiger partial charge in [-0.3, -0.25) is 9.48 Å². The molecule has 25 heavy (non-hydrogen) atoms. The Balaban J connectivity index is 1.71. The summed E-state index contributed by atoms with van der Waals surface area (Å²) in [5, 5.41) is 6.92. The van der Waals surface area contributed by atoms with E-state index in [1.54, 1.807) is 29.2 Å². The minimum absolute atomic E-state index is 0.153. The summed E-state index contributed by atoms with van der Waals surface area (Å²) in [4.78, 5) is 16.2. The Kier molecular flexibility index (Phi) is 5.51. The third kappa shape index (κ3) is 4.73. The minimum Gasteiger partial charge on any atom is -0.349 e. The summed E-state index contributed by atoms with van der Waals surface area (Å²) in [6.07, 6.45) is 3.76. The van der Waals surface area contributed by atoms with Crippen molar-refractivity contribution in [2.75, 3.05) is 0 Å². The van der Waals surface area contributed by atoms with Crippen LogP contribution in [-0.4, -0.2) is 20.7 Å². The van der Waals surface area contributed by atoms with Gasteiger partial charge in [0.15, 0.2) is 0 Å². The molecule has 0 aliphatic carbocycles. The summed E-state index contributed by atoms with van der Waals surface area (Å²) < 4.78 is 15.8. The smallest absolute Gasteiger partial charge is 0.222 e. The van der Waals surface area contributed by atoms with Crippen molar-refractivity contribution in [1.82, 2.24) is 20.1 Å². The number of rotatable bonds is 7. The number of aryl methyl sites for hydroxylation is 1. The van der Waals surface area contributed by atoms with Crippen LogP contribution in [0.2, 0.25) is 0 Å². The van der Waals surface area contributed by atoms with E-state index >= 15 is 0 Å². The van der Waals surface area contributed by atoms with Crippen LogP contribution in [0.5, 0.6) is 0 Å². The summed E-state index contributed by atoms with van der Waals surface area (Å²) >= 11 is 0. The van der Waals surface area contributed by atoms with E-state index in [0.717, 1.165) is 5.56 Å². The predicted octanol–water partition coefficient (Wildman–Crippen LogP) is 2.91. The number of halogens is 1. The number of nitrogens with zero attached hydrogens (tertiary/aromatic N) is 3. The molecule has 3 rings (SSSR count). The topological polar surface area (TPSA) is 59.8 Å². The number of benzene rings is 2. The van der Waals surface area contributed by atoms with Gasteiger partial charge < -0.3 is 5.32 Å². The van der Waals surface area contributed by atoms with Crippen molar-refractivity contribution in [2.45, 2.75) is 25.4 Å². The number of hydrogen-bond acceptors (Lipinski definition) is 3. The summed E-state index contributed by atoms with van der Waals surface area (Å²) in [7, 11) is 0. The van der Waals surface area contributed by atoms with Crippen molar-refractivity contribution in [3.05, 3.63) is 84.2 Å². The zero-order valence-corrected chi connectivity index (χ0v) is 13.7.